The summed E-state index contributed by atoms with van der Waals surface area (Å²) < 4.78 is 21.9. The molecule has 0 atom stereocenters. The molecular formula is C39H42ClN9O6. The van der Waals surface area contributed by atoms with Crippen LogP contribution in [-0.2, 0) is 40.4 Å². The second-order valence-electron chi connectivity index (χ2n) is 14.1. The zero-order valence-corrected chi connectivity index (χ0v) is 31.3. The molecule has 286 valence electrons. The number of carboxylic acid groups (broad SMARTS) is 1. The molecule has 0 bridgehead atoms. The van der Waals surface area contributed by atoms with Crippen LogP contribution in [0.3, 0.4) is 0 Å². The number of ether oxygens (including phenoxy) is 3. The van der Waals surface area contributed by atoms with Crippen molar-refractivity contribution >= 4 is 34.8 Å². The lowest BCUT2D eigenvalue weighted by atomic mass is 10.1. The van der Waals surface area contributed by atoms with E-state index in [9.17, 15) is 14.7 Å². The average Bonchev–Trinajstić information content (AvgIpc) is 4.09. The van der Waals surface area contributed by atoms with Crippen LogP contribution < -0.4 is 4.74 Å². The number of esters is 1. The largest absolute Gasteiger partial charge is 0.478 e. The van der Waals surface area contributed by atoms with Crippen molar-refractivity contribution in [3.8, 4) is 5.88 Å². The van der Waals surface area contributed by atoms with Crippen LogP contribution in [0.2, 0.25) is 5.15 Å². The fraction of sp³-hybridized carbons (Fsp3) is 0.410. The van der Waals surface area contributed by atoms with Gasteiger partial charge in [-0.05, 0) is 67.7 Å². The van der Waals surface area contributed by atoms with Gasteiger partial charge in [0.15, 0.2) is 0 Å². The number of nitrogens with zero attached hydrogens (tertiary/aromatic N) is 9. The van der Waals surface area contributed by atoms with Crippen molar-refractivity contribution in [1.29, 1.82) is 0 Å². The highest BCUT2D eigenvalue weighted by molar-refractivity contribution is 6.29. The van der Waals surface area contributed by atoms with Gasteiger partial charge in [0.2, 0.25) is 5.88 Å². The highest BCUT2D eigenvalue weighted by Crippen LogP contribution is 2.41. The summed E-state index contributed by atoms with van der Waals surface area (Å²) in [5, 5.41) is 14.2. The second kappa shape index (κ2) is 16.2. The molecule has 0 spiro atoms. The van der Waals surface area contributed by atoms with Crippen LogP contribution in [-0.4, -0.2) is 93.4 Å². The summed E-state index contributed by atoms with van der Waals surface area (Å²) in [5.41, 5.74) is 7.68. The Balaban J connectivity index is 0.000000155. The Bertz CT molecular complexity index is 2320. The van der Waals surface area contributed by atoms with Crippen LogP contribution in [0.25, 0.3) is 11.3 Å². The lowest BCUT2D eigenvalue weighted by Crippen LogP contribution is -2.36. The number of carboxylic acids is 1. The number of morpholine rings is 1. The number of pyridine rings is 2. The monoisotopic (exact) mass is 767 g/mol. The molecule has 2 saturated carbocycles. The molecular weight excluding hydrogens is 726 g/mol. The summed E-state index contributed by atoms with van der Waals surface area (Å²) in [4.78, 5) is 43.0. The van der Waals surface area contributed by atoms with Gasteiger partial charge in [-0.1, -0.05) is 17.7 Å². The normalized spacial score (nSPS) is 15.9. The maximum absolute atomic E-state index is 12.0. The van der Waals surface area contributed by atoms with Crippen molar-refractivity contribution in [1.82, 2.24) is 43.4 Å². The lowest BCUT2D eigenvalue weighted by Gasteiger charge is -2.26. The summed E-state index contributed by atoms with van der Waals surface area (Å²) in [5.74, 6) is 0.458. The Labute approximate surface area is 321 Å². The van der Waals surface area contributed by atoms with Crippen LogP contribution in [0.4, 0.5) is 0 Å². The fourth-order valence-electron chi connectivity index (χ4n) is 6.81. The number of rotatable bonds is 13. The molecule has 9 rings (SSSR count). The van der Waals surface area contributed by atoms with Gasteiger partial charge in [-0.15, -0.1) is 0 Å². The van der Waals surface area contributed by atoms with E-state index in [1.54, 1.807) is 17.7 Å². The van der Waals surface area contributed by atoms with Crippen molar-refractivity contribution in [2.24, 2.45) is 0 Å². The van der Waals surface area contributed by atoms with Crippen molar-refractivity contribution < 1.29 is 28.9 Å². The average molecular weight is 768 g/mol. The first-order valence-electron chi connectivity index (χ1n) is 18.6. The molecule has 3 aliphatic rings. The zero-order valence-electron chi connectivity index (χ0n) is 30.5. The Morgan fingerprint density at radius 1 is 0.927 bits per heavy atom. The van der Waals surface area contributed by atoms with E-state index in [0.29, 0.717) is 61.5 Å². The van der Waals surface area contributed by atoms with E-state index in [-0.39, 0.29) is 24.6 Å². The van der Waals surface area contributed by atoms with E-state index >= 15 is 0 Å². The van der Waals surface area contributed by atoms with Gasteiger partial charge in [0.05, 0.1) is 56.1 Å². The first kappa shape index (κ1) is 36.6. The number of halogens is 1. The van der Waals surface area contributed by atoms with Gasteiger partial charge in [-0.25, -0.2) is 24.7 Å². The molecule has 55 heavy (non-hydrogen) atoms. The van der Waals surface area contributed by atoms with Gasteiger partial charge in [0.1, 0.15) is 34.9 Å². The summed E-state index contributed by atoms with van der Waals surface area (Å²) in [7, 11) is 0. The quantitative estimate of drug-likeness (QED) is 0.119. The molecule has 7 heterocycles. The smallest absolute Gasteiger partial charge is 0.339 e. The number of aromatic nitrogens is 8. The van der Waals surface area contributed by atoms with Gasteiger partial charge in [0, 0.05) is 56.1 Å². The van der Waals surface area contributed by atoms with Crippen molar-refractivity contribution in [2.45, 2.75) is 70.6 Å². The Morgan fingerprint density at radius 2 is 1.69 bits per heavy atom. The predicted octanol–water partition coefficient (Wildman–Crippen LogP) is 5.33. The first-order chi connectivity index (χ1) is 26.8. The number of hydrogen-bond donors (Lipinski definition) is 1. The summed E-state index contributed by atoms with van der Waals surface area (Å²) in [6.07, 6.45) is 16.1. The van der Waals surface area contributed by atoms with E-state index in [1.165, 1.54) is 49.3 Å². The summed E-state index contributed by atoms with van der Waals surface area (Å²) >= 11 is 5.84. The third-order valence-corrected chi connectivity index (χ3v) is 10.1. The van der Waals surface area contributed by atoms with Crippen LogP contribution in [0.5, 0.6) is 5.88 Å². The maximum atomic E-state index is 12.0. The molecule has 0 radical (unpaired) electrons. The third-order valence-electron chi connectivity index (χ3n) is 9.90. The van der Waals surface area contributed by atoms with Crippen LogP contribution in [0, 0.1) is 0 Å². The van der Waals surface area contributed by atoms with Crippen molar-refractivity contribution in [3.63, 3.8) is 0 Å². The number of fused-ring (bicyclic) bond motifs is 2. The lowest BCUT2D eigenvalue weighted by molar-refractivity contribution is -0.142. The first-order valence-corrected chi connectivity index (χ1v) is 19.0. The van der Waals surface area contributed by atoms with Gasteiger partial charge >= 0.3 is 11.9 Å². The molecule has 15 nitrogen and oxygen atoms in total. The summed E-state index contributed by atoms with van der Waals surface area (Å²) in [6.45, 7) is 6.35. The van der Waals surface area contributed by atoms with E-state index in [0.717, 1.165) is 41.3 Å². The molecule has 2 aliphatic carbocycles. The topological polar surface area (TPSA) is 164 Å². The Hall–Kier alpha value is -5.38. The van der Waals surface area contributed by atoms with Gasteiger partial charge in [-0.2, -0.15) is 5.10 Å². The van der Waals surface area contributed by atoms with E-state index < -0.39 is 5.97 Å². The standard InChI is InChI=1S/C20H23N5O3.C19H19ClN4O3/c26-20(27)17-9-21-25(18(17)13-23-5-7-28-8-6-23)12-16-11-24-10-15(14-1-2-14)3-4-19(24)22-16;1-2-26-18(25)6-13-5-14(12-3-4-12)8-24-9-15(23-19(13)24)10-27-17-7-16(20)21-11-22-17/h3-4,9-11,14H,1-2,5-8,12-13H2,(H,26,27);5,7-9,11-12H,2-4,6,10H2,1H3. The molecule has 0 amide bonds. The molecule has 1 N–H and O–H groups in total. The molecule has 0 unspecified atom stereocenters. The molecule has 3 fully saturated rings. The molecule has 1 aliphatic heterocycles. The SMILES string of the molecule is CCOC(=O)Cc1cc(C2CC2)cn2cc(COc3cc(Cl)ncn3)nc12.O=C(O)c1cnn(Cc2cn3cc(C4CC4)ccc3n2)c1CN1CCOCC1. The number of aromatic carboxylic acids is 1. The molecule has 16 heteroatoms. The van der Waals surface area contributed by atoms with Gasteiger partial charge in [-0.3, -0.25) is 14.4 Å². The van der Waals surface area contributed by atoms with Gasteiger partial charge < -0.3 is 28.1 Å². The van der Waals surface area contributed by atoms with Crippen LogP contribution >= 0.6 is 11.6 Å². The molecule has 0 aromatic carbocycles. The van der Waals surface area contributed by atoms with Crippen molar-refractivity contribution in [2.75, 3.05) is 32.9 Å². The van der Waals surface area contributed by atoms with E-state index in [4.69, 9.17) is 30.8 Å². The number of imidazole rings is 2. The minimum atomic E-state index is -0.946. The fourth-order valence-corrected chi connectivity index (χ4v) is 6.94. The van der Waals surface area contributed by atoms with Crippen LogP contribution in [0.1, 0.15) is 88.6 Å². The van der Waals surface area contributed by atoms with Gasteiger partial charge in [0.25, 0.3) is 0 Å². The summed E-state index contributed by atoms with van der Waals surface area (Å²) in [6, 6.07) is 7.84. The van der Waals surface area contributed by atoms with E-state index in [2.05, 4.69) is 59.9 Å². The minimum Gasteiger partial charge on any atom is -0.478 e. The minimum absolute atomic E-state index is 0.205. The predicted molar refractivity (Wildman–Crippen MR) is 200 cm³/mol. The number of hydrogen-bond acceptors (Lipinski definition) is 11. The second-order valence-corrected chi connectivity index (χ2v) is 14.5. The van der Waals surface area contributed by atoms with Crippen LogP contribution in [0.15, 0.2) is 61.6 Å². The highest BCUT2D eigenvalue weighted by Gasteiger charge is 2.26. The van der Waals surface area contributed by atoms with Crippen molar-refractivity contribution in [3.05, 3.63) is 106 Å². The Morgan fingerprint density at radius 3 is 2.44 bits per heavy atom. The molecule has 6 aromatic heterocycles. The highest BCUT2D eigenvalue weighted by atomic mass is 35.5. The Kier molecular flexibility index (Phi) is 10.7. The zero-order chi connectivity index (χ0) is 37.9. The molecule has 1 saturated heterocycles. The third kappa shape index (κ3) is 8.96. The maximum Gasteiger partial charge on any atom is 0.339 e. The number of carbonyl (C=O) groups excluding carboxylic acids is 1. The number of carbonyl (C=O) groups is 2. The van der Waals surface area contributed by atoms with E-state index in [1.807, 2.05) is 16.8 Å². The molecule has 6 aromatic rings.